The molecule has 1 saturated carbocycles. The largest absolute Gasteiger partial charge is 0.325 e. The van der Waals surface area contributed by atoms with Crippen LogP contribution in [0.25, 0.3) is 11.0 Å². The summed E-state index contributed by atoms with van der Waals surface area (Å²) in [6.45, 7) is 4.75. The molecule has 4 heteroatoms. The van der Waals surface area contributed by atoms with Gasteiger partial charge in [-0.2, -0.15) is 0 Å². The molecule has 21 heavy (non-hydrogen) atoms. The Labute approximate surface area is 140 Å². The predicted molar refractivity (Wildman–Crippen MR) is 93.1 cm³/mol. The topological polar surface area (TPSA) is 17.8 Å². The first kappa shape index (κ1) is 15.4. The molecule has 1 fully saturated rings. The zero-order chi connectivity index (χ0) is 15.0. The molecule has 114 valence electrons. The molecule has 0 aliphatic heterocycles. The molecule has 1 heterocycles. The molecule has 1 aromatic carbocycles. The minimum Gasteiger partial charge on any atom is -0.325 e. The minimum atomic E-state index is 0.557. The van der Waals surface area contributed by atoms with E-state index in [2.05, 4.69) is 52.5 Å². The average Bonchev–Trinajstić information content (AvgIpc) is 2.75. The van der Waals surface area contributed by atoms with Crippen LogP contribution in [0.3, 0.4) is 0 Å². The Balaban J connectivity index is 2.09. The molecule has 2 nitrogen and oxygen atoms in total. The van der Waals surface area contributed by atoms with Crippen LogP contribution in [0.4, 0.5) is 0 Å². The molecule has 0 N–H and O–H groups in total. The second-order valence-corrected chi connectivity index (χ2v) is 7.83. The highest BCUT2D eigenvalue weighted by molar-refractivity contribution is 9.10. The number of halogens is 2. The maximum atomic E-state index is 6.00. The number of hydrogen-bond acceptors (Lipinski definition) is 1. The number of rotatable bonds is 3. The molecule has 1 aromatic heterocycles. The number of aryl methyl sites for hydroxylation is 1. The number of hydrogen-bond donors (Lipinski definition) is 0. The molecule has 0 amide bonds. The average molecular weight is 370 g/mol. The second kappa shape index (κ2) is 6.29. The van der Waals surface area contributed by atoms with Gasteiger partial charge in [0.1, 0.15) is 5.82 Å². The van der Waals surface area contributed by atoms with Crippen LogP contribution in [0, 0.1) is 11.8 Å². The number of nitrogens with zero attached hydrogens (tertiary/aromatic N) is 2. The van der Waals surface area contributed by atoms with Crippen LogP contribution < -0.4 is 0 Å². The van der Waals surface area contributed by atoms with Crippen molar-refractivity contribution in [1.82, 2.24) is 9.55 Å². The van der Waals surface area contributed by atoms with Gasteiger partial charge in [-0.05, 0) is 49.3 Å². The fourth-order valence-corrected chi connectivity index (χ4v) is 4.42. The van der Waals surface area contributed by atoms with E-state index in [0.717, 1.165) is 34.1 Å². The molecule has 0 saturated heterocycles. The lowest BCUT2D eigenvalue weighted by molar-refractivity contribution is 0.222. The molecule has 3 rings (SSSR count). The van der Waals surface area contributed by atoms with Crippen molar-refractivity contribution in [2.75, 3.05) is 5.88 Å². The number of fused-ring (bicyclic) bond motifs is 1. The molecular formula is C17H22BrClN2. The summed E-state index contributed by atoms with van der Waals surface area (Å²) in [7, 11) is 0. The van der Waals surface area contributed by atoms with Crippen LogP contribution in [0.2, 0.25) is 0 Å². The van der Waals surface area contributed by atoms with Gasteiger partial charge in [0, 0.05) is 22.8 Å². The van der Waals surface area contributed by atoms with Gasteiger partial charge in [0.2, 0.25) is 0 Å². The summed E-state index contributed by atoms with van der Waals surface area (Å²) in [5.74, 6) is 3.34. The van der Waals surface area contributed by atoms with Gasteiger partial charge >= 0.3 is 0 Å². The summed E-state index contributed by atoms with van der Waals surface area (Å²) in [5, 5.41) is 0. The highest BCUT2D eigenvalue weighted by Crippen LogP contribution is 2.38. The van der Waals surface area contributed by atoms with E-state index >= 15 is 0 Å². The Morgan fingerprint density at radius 3 is 2.62 bits per heavy atom. The first-order valence-electron chi connectivity index (χ1n) is 7.80. The van der Waals surface area contributed by atoms with Gasteiger partial charge in [-0.3, -0.25) is 0 Å². The van der Waals surface area contributed by atoms with Crippen molar-refractivity contribution < 1.29 is 0 Å². The number of benzene rings is 1. The molecule has 1 aliphatic rings. The Bertz CT molecular complexity index is 627. The Hall–Kier alpha value is -0.540. The van der Waals surface area contributed by atoms with E-state index in [9.17, 15) is 0 Å². The van der Waals surface area contributed by atoms with Crippen molar-refractivity contribution in [1.29, 1.82) is 0 Å². The normalized spacial score (nSPS) is 26.4. The maximum absolute atomic E-state index is 6.00. The van der Waals surface area contributed by atoms with Gasteiger partial charge in [0.05, 0.1) is 11.0 Å². The van der Waals surface area contributed by atoms with E-state index in [-0.39, 0.29) is 0 Å². The lowest BCUT2D eigenvalue weighted by atomic mass is 9.80. The van der Waals surface area contributed by atoms with Crippen molar-refractivity contribution in [2.45, 2.75) is 45.6 Å². The van der Waals surface area contributed by atoms with E-state index in [0.29, 0.717) is 11.9 Å². The van der Waals surface area contributed by atoms with Crippen molar-refractivity contribution in [3.05, 3.63) is 28.5 Å². The number of imidazole rings is 1. The Kier molecular flexibility index (Phi) is 4.60. The third kappa shape index (κ3) is 3.14. The molecule has 0 spiro atoms. The molecule has 2 aromatic rings. The van der Waals surface area contributed by atoms with Crippen LogP contribution in [0.5, 0.6) is 0 Å². The lowest BCUT2D eigenvalue weighted by Gasteiger charge is -2.33. The van der Waals surface area contributed by atoms with E-state index in [1.165, 1.54) is 24.8 Å². The van der Waals surface area contributed by atoms with Crippen molar-refractivity contribution in [2.24, 2.45) is 11.8 Å². The summed E-state index contributed by atoms with van der Waals surface area (Å²) in [6.07, 6.45) is 4.68. The van der Waals surface area contributed by atoms with Gasteiger partial charge in [-0.15, -0.1) is 11.6 Å². The summed E-state index contributed by atoms with van der Waals surface area (Å²) in [6, 6.07) is 6.92. The zero-order valence-corrected chi connectivity index (χ0v) is 15.0. The van der Waals surface area contributed by atoms with Crippen LogP contribution in [-0.4, -0.2) is 15.4 Å². The quantitative estimate of drug-likeness (QED) is 0.646. The number of alkyl halides is 1. The summed E-state index contributed by atoms with van der Waals surface area (Å²) < 4.78 is 3.58. The van der Waals surface area contributed by atoms with Crippen LogP contribution in [0.1, 0.15) is 45.0 Å². The monoisotopic (exact) mass is 368 g/mol. The third-order valence-corrected chi connectivity index (χ3v) is 5.24. The van der Waals surface area contributed by atoms with Crippen LogP contribution in [0.15, 0.2) is 22.7 Å². The molecule has 0 radical (unpaired) electrons. The molecular weight excluding hydrogens is 348 g/mol. The standard InChI is InChI=1S/C17H22BrClN2/c1-11-7-12(2)9-14(8-11)21-16-10-13(18)3-4-15(16)20-17(21)5-6-19/h3-4,10-12,14H,5-9H2,1-2H3. The van der Waals surface area contributed by atoms with E-state index in [4.69, 9.17) is 16.6 Å². The maximum Gasteiger partial charge on any atom is 0.111 e. The summed E-state index contributed by atoms with van der Waals surface area (Å²) >= 11 is 9.60. The van der Waals surface area contributed by atoms with Gasteiger partial charge in [-0.25, -0.2) is 4.98 Å². The van der Waals surface area contributed by atoms with E-state index in [1.54, 1.807) is 0 Å². The highest BCUT2D eigenvalue weighted by atomic mass is 79.9. The minimum absolute atomic E-state index is 0.557. The SMILES string of the molecule is CC1CC(C)CC(n2c(CCCl)nc3ccc(Br)cc32)C1. The van der Waals surface area contributed by atoms with Crippen molar-refractivity contribution in [3.8, 4) is 0 Å². The molecule has 0 bridgehead atoms. The summed E-state index contributed by atoms with van der Waals surface area (Å²) in [5.41, 5.74) is 2.33. The Morgan fingerprint density at radius 1 is 1.24 bits per heavy atom. The van der Waals surface area contributed by atoms with Crippen LogP contribution >= 0.6 is 27.5 Å². The smallest absolute Gasteiger partial charge is 0.111 e. The molecule has 2 unspecified atom stereocenters. The fourth-order valence-electron chi connectivity index (χ4n) is 3.90. The number of aromatic nitrogens is 2. The second-order valence-electron chi connectivity index (χ2n) is 6.54. The molecule has 1 aliphatic carbocycles. The van der Waals surface area contributed by atoms with Gasteiger partial charge < -0.3 is 4.57 Å². The zero-order valence-electron chi connectivity index (χ0n) is 12.6. The van der Waals surface area contributed by atoms with E-state index < -0.39 is 0 Å². The van der Waals surface area contributed by atoms with Gasteiger partial charge in [0.25, 0.3) is 0 Å². The first-order chi connectivity index (χ1) is 10.1. The lowest BCUT2D eigenvalue weighted by Crippen LogP contribution is -2.24. The first-order valence-corrected chi connectivity index (χ1v) is 9.13. The fraction of sp³-hybridized carbons (Fsp3) is 0.588. The third-order valence-electron chi connectivity index (χ3n) is 4.56. The van der Waals surface area contributed by atoms with Gasteiger partial charge in [-0.1, -0.05) is 29.8 Å². The van der Waals surface area contributed by atoms with Crippen LogP contribution in [-0.2, 0) is 6.42 Å². The summed E-state index contributed by atoms with van der Waals surface area (Å²) in [4.78, 5) is 4.83. The van der Waals surface area contributed by atoms with E-state index in [1.807, 2.05) is 0 Å². The predicted octanol–water partition coefficient (Wildman–Crippen LogP) is 5.58. The van der Waals surface area contributed by atoms with Gasteiger partial charge in [0.15, 0.2) is 0 Å². The van der Waals surface area contributed by atoms with Crippen molar-refractivity contribution >= 4 is 38.6 Å². The van der Waals surface area contributed by atoms with Crippen molar-refractivity contribution in [3.63, 3.8) is 0 Å². The molecule has 2 atom stereocenters. The highest BCUT2D eigenvalue weighted by Gasteiger charge is 2.27. The Morgan fingerprint density at radius 2 is 1.95 bits per heavy atom.